The molecule has 1 aromatic carbocycles. The SMILES string of the molecule is CC(C)c1ccc(NC(=O)[C@H](C)OC(=O)CCCNC(=O)OC(C)(C)C)cc1. The molecule has 0 aliphatic carbocycles. The third kappa shape index (κ3) is 9.39. The van der Waals surface area contributed by atoms with Crippen molar-refractivity contribution in [1.82, 2.24) is 5.32 Å². The summed E-state index contributed by atoms with van der Waals surface area (Å²) in [6.07, 6.45) is -0.951. The molecule has 0 saturated carbocycles. The van der Waals surface area contributed by atoms with Gasteiger partial charge >= 0.3 is 12.1 Å². The summed E-state index contributed by atoms with van der Waals surface area (Å²) < 4.78 is 10.2. The van der Waals surface area contributed by atoms with Gasteiger partial charge < -0.3 is 20.1 Å². The van der Waals surface area contributed by atoms with Crippen LogP contribution in [-0.4, -0.2) is 36.2 Å². The van der Waals surface area contributed by atoms with E-state index in [0.29, 0.717) is 18.0 Å². The molecule has 0 aromatic heterocycles. The zero-order valence-electron chi connectivity index (χ0n) is 17.6. The third-order valence-corrected chi connectivity index (χ3v) is 3.75. The van der Waals surface area contributed by atoms with Crippen molar-refractivity contribution in [2.75, 3.05) is 11.9 Å². The summed E-state index contributed by atoms with van der Waals surface area (Å²) >= 11 is 0. The summed E-state index contributed by atoms with van der Waals surface area (Å²) in [4.78, 5) is 35.5. The Kier molecular flexibility index (Phi) is 8.96. The van der Waals surface area contributed by atoms with Crippen molar-refractivity contribution >= 4 is 23.7 Å². The first-order chi connectivity index (χ1) is 13.0. The van der Waals surface area contributed by atoms with Gasteiger partial charge in [-0.3, -0.25) is 9.59 Å². The Morgan fingerprint density at radius 2 is 1.64 bits per heavy atom. The van der Waals surface area contributed by atoms with Crippen molar-refractivity contribution < 1.29 is 23.9 Å². The lowest BCUT2D eigenvalue weighted by Gasteiger charge is -2.19. The first-order valence-electron chi connectivity index (χ1n) is 9.55. The molecular weight excluding hydrogens is 360 g/mol. The molecule has 2 amide bonds. The summed E-state index contributed by atoms with van der Waals surface area (Å²) in [6.45, 7) is 11.3. The van der Waals surface area contributed by atoms with Gasteiger partial charge in [0.25, 0.3) is 5.91 Å². The second kappa shape index (κ2) is 10.7. The van der Waals surface area contributed by atoms with Crippen LogP contribution < -0.4 is 10.6 Å². The summed E-state index contributed by atoms with van der Waals surface area (Å²) in [5, 5.41) is 5.29. The van der Waals surface area contributed by atoms with Gasteiger partial charge in [0, 0.05) is 18.7 Å². The molecule has 0 aliphatic rings. The number of hydrogen-bond acceptors (Lipinski definition) is 5. The predicted octanol–water partition coefficient (Wildman–Crippen LogP) is 3.99. The number of anilines is 1. The van der Waals surface area contributed by atoms with Crippen LogP contribution in [0.4, 0.5) is 10.5 Å². The van der Waals surface area contributed by atoms with Crippen LogP contribution in [0, 0.1) is 0 Å². The molecule has 7 nitrogen and oxygen atoms in total. The second-order valence-electron chi connectivity index (χ2n) is 7.93. The topological polar surface area (TPSA) is 93.7 Å². The molecule has 2 N–H and O–H groups in total. The molecule has 0 saturated heterocycles. The van der Waals surface area contributed by atoms with E-state index in [1.807, 2.05) is 24.3 Å². The molecule has 1 aromatic rings. The van der Waals surface area contributed by atoms with Crippen LogP contribution in [0.3, 0.4) is 0 Å². The largest absolute Gasteiger partial charge is 0.453 e. The second-order valence-corrected chi connectivity index (χ2v) is 7.93. The fourth-order valence-corrected chi connectivity index (χ4v) is 2.24. The fraction of sp³-hybridized carbons (Fsp3) is 0.571. The number of benzene rings is 1. The van der Waals surface area contributed by atoms with Crippen LogP contribution in [0.1, 0.15) is 65.9 Å². The highest BCUT2D eigenvalue weighted by molar-refractivity contribution is 5.95. The molecule has 7 heteroatoms. The number of amides is 2. The van der Waals surface area contributed by atoms with Crippen molar-refractivity contribution in [2.45, 2.75) is 72.0 Å². The molecule has 0 radical (unpaired) electrons. The van der Waals surface area contributed by atoms with Crippen LogP contribution in [-0.2, 0) is 19.1 Å². The number of ether oxygens (including phenoxy) is 2. The summed E-state index contributed by atoms with van der Waals surface area (Å²) in [5.41, 5.74) is 1.26. The number of esters is 1. The molecule has 0 fully saturated rings. The van der Waals surface area contributed by atoms with Crippen molar-refractivity contribution in [3.8, 4) is 0 Å². The van der Waals surface area contributed by atoms with E-state index in [4.69, 9.17) is 9.47 Å². The standard InChI is InChI=1S/C21H32N2O5/c1-14(2)16-9-11-17(12-10-16)23-19(25)15(3)27-18(24)8-7-13-22-20(26)28-21(4,5)6/h9-12,14-15H,7-8,13H2,1-6H3,(H,22,26)(H,23,25)/t15-/m0/s1. The van der Waals surface area contributed by atoms with E-state index in [2.05, 4.69) is 24.5 Å². The molecule has 0 aliphatic heterocycles. The third-order valence-electron chi connectivity index (χ3n) is 3.75. The van der Waals surface area contributed by atoms with Gasteiger partial charge in [0.2, 0.25) is 0 Å². The number of alkyl carbamates (subject to hydrolysis) is 1. The predicted molar refractivity (Wildman–Crippen MR) is 108 cm³/mol. The molecule has 0 bridgehead atoms. The van der Waals surface area contributed by atoms with Gasteiger partial charge in [0.05, 0.1) is 0 Å². The van der Waals surface area contributed by atoms with Gasteiger partial charge in [-0.05, 0) is 57.7 Å². The minimum Gasteiger partial charge on any atom is -0.453 e. The first kappa shape index (κ1) is 23.5. The molecule has 28 heavy (non-hydrogen) atoms. The maximum absolute atomic E-state index is 12.2. The normalized spacial score (nSPS) is 12.2. The number of rotatable bonds is 8. The first-order valence-corrected chi connectivity index (χ1v) is 9.55. The van der Waals surface area contributed by atoms with E-state index >= 15 is 0 Å². The van der Waals surface area contributed by atoms with Crippen LogP contribution in [0.5, 0.6) is 0 Å². The molecule has 1 rings (SSSR count). The number of carbonyl (C=O) groups is 3. The lowest BCUT2D eigenvalue weighted by Crippen LogP contribution is -2.33. The van der Waals surface area contributed by atoms with E-state index in [1.54, 1.807) is 20.8 Å². The summed E-state index contributed by atoms with van der Waals surface area (Å²) in [6, 6.07) is 7.55. The average molecular weight is 392 g/mol. The molecule has 0 unspecified atom stereocenters. The molecule has 156 valence electrons. The van der Waals surface area contributed by atoms with Crippen LogP contribution >= 0.6 is 0 Å². The Labute approximate surface area is 167 Å². The Bertz CT molecular complexity index is 662. The number of hydrogen-bond donors (Lipinski definition) is 2. The van der Waals surface area contributed by atoms with Gasteiger partial charge in [-0.15, -0.1) is 0 Å². The van der Waals surface area contributed by atoms with E-state index in [1.165, 1.54) is 12.5 Å². The van der Waals surface area contributed by atoms with Crippen molar-refractivity contribution in [1.29, 1.82) is 0 Å². The smallest absolute Gasteiger partial charge is 0.407 e. The number of nitrogens with one attached hydrogen (secondary N) is 2. The Hall–Kier alpha value is -2.57. The van der Waals surface area contributed by atoms with Crippen LogP contribution in [0.15, 0.2) is 24.3 Å². The molecular formula is C21H32N2O5. The minimum absolute atomic E-state index is 0.0938. The summed E-state index contributed by atoms with van der Waals surface area (Å²) in [7, 11) is 0. The highest BCUT2D eigenvalue weighted by Gasteiger charge is 2.18. The van der Waals surface area contributed by atoms with Crippen LogP contribution in [0.25, 0.3) is 0 Å². The quantitative estimate of drug-likeness (QED) is 0.515. The van der Waals surface area contributed by atoms with Gasteiger partial charge in [-0.25, -0.2) is 4.79 Å². The maximum atomic E-state index is 12.2. The fourth-order valence-electron chi connectivity index (χ4n) is 2.24. The van der Waals surface area contributed by atoms with Crippen molar-refractivity contribution in [3.63, 3.8) is 0 Å². The van der Waals surface area contributed by atoms with E-state index in [-0.39, 0.29) is 13.0 Å². The van der Waals surface area contributed by atoms with Crippen molar-refractivity contribution in [2.24, 2.45) is 0 Å². The zero-order valence-corrected chi connectivity index (χ0v) is 17.6. The van der Waals surface area contributed by atoms with Crippen molar-refractivity contribution in [3.05, 3.63) is 29.8 Å². The Morgan fingerprint density at radius 3 is 2.18 bits per heavy atom. The monoisotopic (exact) mass is 392 g/mol. The van der Waals surface area contributed by atoms with E-state index in [0.717, 1.165) is 0 Å². The van der Waals surface area contributed by atoms with Gasteiger partial charge in [-0.2, -0.15) is 0 Å². The average Bonchev–Trinajstić information content (AvgIpc) is 2.57. The Balaban J connectivity index is 2.31. The maximum Gasteiger partial charge on any atom is 0.407 e. The molecule has 0 heterocycles. The van der Waals surface area contributed by atoms with Crippen LogP contribution in [0.2, 0.25) is 0 Å². The highest BCUT2D eigenvalue weighted by Crippen LogP contribution is 2.17. The number of carbonyl (C=O) groups excluding carboxylic acids is 3. The van der Waals surface area contributed by atoms with Gasteiger partial charge in [0.1, 0.15) is 5.60 Å². The van der Waals surface area contributed by atoms with Gasteiger partial charge in [0.15, 0.2) is 6.10 Å². The van der Waals surface area contributed by atoms with Gasteiger partial charge in [-0.1, -0.05) is 26.0 Å². The molecule has 0 spiro atoms. The lowest BCUT2D eigenvalue weighted by atomic mass is 10.0. The van der Waals surface area contributed by atoms with E-state index < -0.39 is 29.7 Å². The highest BCUT2D eigenvalue weighted by atomic mass is 16.6. The molecule has 1 atom stereocenters. The van der Waals surface area contributed by atoms with E-state index in [9.17, 15) is 14.4 Å². The lowest BCUT2D eigenvalue weighted by molar-refractivity contribution is -0.153. The zero-order chi connectivity index (χ0) is 21.3. The minimum atomic E-state index is -0.906. The Morgan fingerprint density at radius 1 is 1.04 bits per heavy atom. The summed E-state index contributed by atoms with van der Waals surface area (Å²) in [5.74, 6) is -0.476.